The van der Waals surface area contributed by atoms with Crippen LogP contribution in [0, 0.1) is 0 Å². The van der Waals surface area contributed by atoms with Crippen LogP contribution in [0.15, 0.2) is 36.7 Å². The maximum atomic E-state index is 5.42. The molecule has 1 rings (SSSR count). The van der Waals surface area contributed by atoms with Crippen LogP contribution in [0.2, 0.25) is 0 Å². The van der Waals surface area contributed by atoms with Crippen molar-refractivity contribution in [3.8, 4) is 0 Å². The molecule has 0 saturated heterocycles. The maximum absolute atomic E-state index is 5.42. The Kier molecular flexibility index (Phi) is 7.43. The quantitative estimate of drug-likeness (QED) is 0.374. The molecule has 96 valence electrons. The maximum Gasteiger partial charge on any atom is 0.176 e. The second-order valence-electron chi connectivity index (χ2n) is 3.77. The lowest BCUT2D eigenvalue weighted by Crippen LogP contribution is -2.14. The van der Waals surface area contributed by atoms with Gasteiger partial charge in [-0.25, -0.2) is 0 Å². The highest BCUT2D eigenvalue weighted by Crippen LogP contribution is 2.01. The number of hydrogen-bond donors (Lipinski definition) is 0. The molecule has 0 bridgehead atoms. The average molecular weight is 237 g/mol. The fraction of sp³-hybridized carbons (Fsp3) is 0.571. The third kappa shape index (κ3) is 6.29. The van der Waals surface area contributed by atoms with Crippen molar-refractivity contribution in [2.75, 3.05) is 13.2 Å². The van der Waals surface area contributed by atoms with E-state index in [-0.39, 0.29) is 6.29 Å². The Morgan fingerprint density at radius 2 is 1.76 bits per heavy atom. The standard InChI is InChI=1S/C14H23NO2/c1-3-16-14(17-4-2)10-6-5-7-11-15-12-8-9-13-15/h6,8-10,12-14H,3-5,7,11H2,1-2H3/b10-6+. The molecule has 0 fully saturated rings. The molecule has 0 radical (unpaired) electrons. The Hall–Kier alpha value is -1.06. The first-order valence-corrected chi connectivity index (χ1v) is 6.37. The van der Waals surface area contributed by atoms with E-state index in [2.05, 4.69) is 35.2 Å². The molecule has 0 saturated carbocycles. The molecule has 0 amide bonds. The molecular weight excluding hydrogens is 214 g/mol. The molecule has 0 N–H and O–H groups in total. The van der Waals surface area contributed by atoms with Crippen LogP contribution >= 0.6 is 0 Å². The van der Waals surface area contributed by atoms with Crippen molar-refractivity contribution in [3.05, 3.63) is 36.7 Å². The zero-order valence-electron chi connectivity index (χ0n) is 10.8. The largest absolute Gasteiger partial charge is 0.354 e. The van der Waals surface area contributed by atoms with Crippen molar-refractivity contribution in [3.63, 3.8) is 0 Å². The van der Waals surface area contributed by atoms with Gasteiger partial charge in [-0.2, -0.15) is 0 Å². The number of ether oxygens (including phenoxy) is 2. The Labute approximate surface area is 104 Å². The van der Waals surface area contributed by atoms with Gasteiger partial charge in [0, 0.05) is 32.2 Å². The second-order valence-corrected chi connectivity index (χ2v) is 3.77. The molecule has 3 heteroatoms. The van der Waals surface area contributed by atoms with Gasteiger partial charge in [0.15, 0.2) is 6.29 Å². The molecule has 1 heterocycles. The van der Waals surface area contributed by atoms with Gasteiger partial charge >= 0.3 is 0 Å². The van der Waals surface area contributed by atoms with Gasteiger partial charge in [-0.3, -0.25) is 0 Å². The summed E-state index contributed by atoms with van der Waals surface area (Å²) in [4.78, 5) is 0. The molecule has 1 aromatic heterocycles. The highest BCUT2D eigenvalue weighted by Gasteiger charge is 2.00. The van der Waals surface area contributed by atoms with Crippen LogP contribution in [0.4, 0.5) is 0 Å². The minimum absolute atomic E-state index is 0.184. The van der Waals surface area contributed by atoms with E-state index in [1.54, 1.807) is 0 Å². The summed E-state index contributed by atoms with van der Waals surface area (Å²) in [5, 5.41) is 0. The van der Waals surface area contributed by atoms with Crippen molar-refractivity contribution in [2.24, 2.45) is 0 Å². The number of rotatable bonds is 9. The molecule has 0 spiro atoms. The Morgan fingerprint density at radius 3 is 2.35 bits per heavy atom. The number of unbranched alkanes of at least 4 members (excludes halogenated alkanes) is 1. The first kappa shape index (κ1) is 14.0. The second kappa shape index (κ2) is 9.02. The van der Waals surface area contributed by atoms with Crippen LogP contribution in [0.25, 0.3) is 0 Å². The summed E-state index contributed by atoms with van der Waals surface area (Å²) in [5.41, 5.74) is 0. The fourth-order valence-electron chi connectivity index (χ4n) is 1.61. The Morgan fingerprint density at radius 1 is 1.12 bits per heavy atom. The topological polar surface area (TPSA) is 23.4 Å². The summed E-state index contributed by atoms with van der Waals surface area (Å²) < 4.78 is 13.0. The highest BCUT2D eigenvalue weighted by atomic mass is 16.7. The van der Waals surface area contributed by atoms with E-state index in [0.29, 0.717) is 13.2 Å². The Bertz CT molecular complexity index is 287. The molecule has 0 aliphatic rings. The number of aromatic nitrogens is 1. The number of hydrogen-bond acceptors (Lipinski definition) is 2. The van der Waals surface area contributed by atoms with Crippen LogP contribution < -0.4 is 0 Å². The predicted molar refractivity (Wildman–Crippen MR) is 69.8 cm³/mol. The minimum Gasteiger partial charge on any atom is -0.354 e. The molecule has 0 unspecified atom stereocenters. The van der Waals surface area contributed by atoms with E-state index < -0.39 is 0 Å². The van der Waals surface area contributed by atoms with E-state index in [1.165, 1.54) is 0 Å². The van der Waals surface area contributed by atoms with Crippen LogP contribution in [-0.4, -0.2) is 24.1 Å². The summed E-state index contributed by atoms with van der Waals surface area (Å²) in [6, 6.07) is 4.10. The van der Waals surface area contributed by atoms with Gasteiger partial charge in [0.05, 0.1) is 0 Å². The van der Waals surface area contributed by atoms with E-state index in [9.17, 15) is 0 Å². The van der Waals surface area contributed by atoms with E-state index in [1.807, 2.05) is 19.9 Å². The number of aryl methyl sites for hydroxylation is 1. The highest BCUT2D eigenvalue weighted by molar-refractivity contribution is 4.90. The van der Waals surface area contributed by atoms with Gasteiger partial charge in [0.25, 0.3) is 0 Å². The minimum atomic E-state index is -0.184. The average Bonchev–Trinajstić information content (AvgIpc) is 2.82. The third-order valence-corrected chi connectivity index (χ3v) is 2.41. The van der Waals surface area contributed by atoms with Gasteiger partial charge < -0.3 is 14.0 Å². The molecule has 3 nitrogen and oxygen atoms in total. The van der Waals surface area contributed by atoms with E-state index >= 15 is 0 Å². The molecule has 0 aliphatic carbocycles. The first-order chi connectivity index (χ1) is 8.36. The zero-order valence-corrected chi connectivity index (χ0v) is 10.8. The van der Waals surface area contributed by atoms with Crippen LogP contribution in [0.3, 0.4) is 0 Å². The van der Waals surface area contributed by atoms with Crippen molar-refractivity contribution in [1.29, 1.82) is 0 Å². The van der Waals surface area contributed by atoms with E-state index in [0.717, 1.165) is 19.4 Å². The lowest BCUT2D eigenvalue weighted by molar-refractivity contribution is -0.104. The predicted octanol–water partition coefficient (Wildman–Crippen LogP) is 3.22. The smallest absolute Gasteiger partial charge is 0.176 e. The summed E-state index contributed by atoms with van der Waals surface area (Å²) in [6.45, 7) is 6.37. The monoisotopic (exact) mass is 237 g/mol. The molecule has 17 heavy (non-hydrogen) atoms. The van der Waals surface area contributed by atoms with Gasteiger partial charge in [0.1, 0.15) is 0 Å². The third-order valence-electron chi connectivity index (χ3n) is 2.41. The van der Waals surface area contributed by atoms with Crippen molar-refractivity contribution < 1.29 is 9.47 Å². The number of nitrogens with zero attached hydrogens (tertiary/aromatic N) is 1. The van der Waals surface area contributed by atoms with Crippen molar-refractivity contribution >= 4 is 0 Å². The van der Waals surface area contributed by atoms with Crippen molar-refractivity contribution in [2.45, 2.75) is 39.5 Å². The first-order valence-electron chi connectivity index (χ1n) is 6.37. The number of allylic oxidation sites excluding steroid dienone is 1. The van der Waals surface area contributed by atoms with Crippen LogP contribution in [0.1, 0.15) is 26.7 Å². The van der Waals surface area contributed by atoms with Crippen LogP contribution in [0.5, 0.6) is 0 Å². The summed E-state index contributed by atoms with van der Waals surface area (Å²) in [6.07, 6.45) is 10.3. The molecule has 0 aromatic carbocycles. The zero-order chi connectivity index (χ0) is 12.3. The SMILES string of the molecule is CCOC(/C=C/CCCn1cccc1)OCC. The van der Waals surface area contributed by atoms with Crippen molar-refractivity contribution in [1.82, 2.24) is 4.57 Å². The summed E-state index contributed by atoms with van der Waals surface area (Å²) in [7, 11) is 0. The summed E-state index contributed by atoms with van der Waals surface area (Å²) >= 11 is 0. The lowest BCUT2D eigenvalue weighted by atomic mass is 10.3. The lowest BCUT2D eigenvalue weighted by Gasteiger charge is -2.12. The Balaban J connectivity index is 2.14. The molecule has 0 aliphatic heterocycles. The molecule has 1 aromatic rings. The summed E-state index contributed by atoms with van der Waals surface area (Å²) in [5.74, 6) is 0. The van der Waals surface area contributed by atoms with Gasteiger partial charge in [-0.1, -0.05) is 6.08 Å². The molecular formula is C14H23NO2. The van der Waals surface area contributed by atoms with Gasteiger partial charge in [-0.05, 0) is 44.9 Å². The van der Waals surface area contributed by atoms with Gasteiger partial charge in [0.2, 0.25) is 0 Å². The molecule has 0 atom stereocenters. The normalized spacial score (nSPS) is 11.7. The van der Waals surface area contributed by atoms with Crippen LogP contribution in [-0.2, 0) is 16.0 Å². The van der Waals surface area contributed by atoms with Gasteiger partial charge in [-0.15, -0.1) is 0 Å². The van der Waals surface area contributed by atoms with E-state index in [4.69, 9.17) is 9.47 Å². The fourth-order valence-corrected chi connectivity index (χ4v) is 1.61.